The van der Waals surface area contributed by atoms with Crippen LogP contribution in [0.5, 0.6) is 0 Å². The van der Waals surface area contributed by atoms with Gasteiger partial charge in [0.25, 0.3) is 0 Å². The van der Waals surface area contributed by atoms with Gasteiger partial charge in [0.1, 0.15) is 0 Å². The SMILES string of the molecule is c1ccc(CN2c3ccccc3C3CCCCC32)cc1. The van der Waals surface area contributed by atoms with Crippen LogP contribution in [-0.4, -0.2) is 6.04 Å². The van der Waals surface area contributed by atoms with Crippen LogP contribution >= 0.6 is 0 Å². The normalized spacial score (nSPS) is 24.3. The van der Waals surface area contributed by atoms with Crippen molar-refractivity contribution in [3.05, 3.63) is 65.7 Å². The minimum Gasteiger partial charge on any atom is -0.363 e. The Hall–Kier alpha value is -1.76. The number of nitrogens with zero attached hydrogens (tertiary/aromatic N) is 1. The van der Waals surface area contributed by atoms with Crippen molar-refractivity contribution in [3.8, 4) is 0 Å². The first-order valence-electron chi connectivity index (χ1n) is 7.83. The fourth-order valence-electron chi connectivity index (χ4n) is 4.07. The summed E-state index contributed by atoms with van der Waals surface area (Å²) < 4.78 is 0. The fraction of sp³-hybridized carbons (Fsp3) is 0.368. The van der Waals surface area contributed by atoms with E-state index in [9.17, 15) is 0 Å². The van der Waals surface area contributed by atoms with E-state index < -0.39 is 0 Å². The molecule has 0 amide bonds. The van der Waals surface area contributed by atoms with Gasteiger partial charge in [-0.3, -0.25) is 0 Å². The summed E-state index contributed by atoms with van der Waals surface area (Å²) in [4.78, 5) is 2.66. The summed E-state index contributed by atoms with van der Waals surface area (Å²) in [5.74, 6) is 0.767. The first-order chi connectivity index (χ1) is 9.93. The molecule has 1 aliphatic carbocycles. The summed E-state index contributed by atoms with van der Waals surface area (Å²) in [5, 5.41) is 0. The van der Waals surface area contributed by atoms with E-state index in [0.29, 0.717) is 0 Å². The minimum absolute atomic E-state index is 0.723. The molecule has 0 radical (unpaired) electrons. The third kappa shape index (κ3) is 1.93. The van der Waals surface area contributed by atoms with Crippen LogP contribution in [0.3, 0.4) is 0 Å². The number of anilines is 1. The van der Waals surface area contributed by atoms with E-state index in [2.05, 4.69) is 59.5 Å². The van der Waals surface area contributed by atoms with Crippen LogP contribution < -0.4 is 4.90 Å². The molecule has 2 atom stereocenters. The molecule has 1 heterocycles. The molecule has 2 aliphatic rings. The molecule has 1 nitrogen and oxygen atoms in total. The molecule has 4 rings (SSSR count). The maximum absolute atomic E-state index is 2.66. The molecule has 0 spiro atoms. The summed E-state index contributed by atoms with van der Waals surface area (Å²) in [5.41, 5.74) is 4.50. The number of benzene rings is 2. The maximum atomic E-state index is 2.66. The Kier molecular flexibility index (Phi) is 2.99. The van der Waals surface area contributed by atoms with Crippen LogP contribution in [0.4, 0.5) is 5.69 Å². The van der Waals surface area contributed by atoms with Gasteiger partial charge in [0.2, 0.25) is 0 Å². The largest absolute Gasteiger partial charge is 0.363 e. The van der Waals surface area contributed by atoms with Crippen LogP contribution in [0.2, 0.25) is 0 Å². The maximum Gasteiger partial charge on any atom is 0.0432 e. The zero-order chi connectivity index (χ0) is 13.4. The fourth-order valence-corrected chi connectivity index (χ4v) is 4.07. The highest BCUT2D eigenvalue weighted by Gasteiger charge is 2.39. The molecule has 0 saturated heterocycles. The lowest BCUT2D eigenvalue weighted by atomic mass is 9.82. The van der Waals surface area contributed by atoms with Crippen molar-refractivity contribution in [2.45, 2.75) is 44.2 Å². The van der Waals surface area contributed by atoms with Gasteiger partial charge in [0, 0.05) is 24.2 Å². The molecule has 0 N–H and O–H groups in total. The van der Waals surface area contributed by atoms with E-state index in [-0.39, 0.29) is 0 Å². The van der Waals surface area contributed by atoms with Gasteiger partial charge in [0.05, 0.1) is 0 Å². The topological polar surface area (TPSA) is 3.24 Å². The van der Waals surface area contributed by atoms with Crippen molar-refractivity contribution in [2.75, 3.05) is 4.90 Å². The van der Waals surface area contributed by atoms with E-state index in [1.807, 2.05) is 0 Å². The number of rotatable bonds is 2. The Morgan fingerprint density at radius 2 is 1.60 bits per heavy atom. The van der Waals surface area contributed by atoms with Gasteiger partial charge in [-0.1, -0.05) is 61.4 Å². The van der Waals surface area contributed by atoms with Crippen LogP contribution in [-0.2, 0) is 6.54 Å². The zero-order valence-electron chi connectivity index (χ0n) is 11.8. The van der Waals surface area contributed by atoms with Crippen molar-refractivity contribution in [1.29, 1.82) is 0 Å². The number of para-hydroxylation sites is 1. The van der Waals surface area contributed by atoms with Gasteiger partial charge in [-0.15, -0.1) is 0 Å². The Morgan fingerprint density at radius 1 is 0.850 bits per heavy atom. The molecule has 20 heavy (non-hydrogen) atoms. The number of hydrogen-bond acceptors (Lipinski definition) is 1. The van der Waals surface area contributed by atoms with E-state index >= 15 is 0 Å². The van der Waals surface area contributed by atoms with Crippen LogP contribution in [0.25, 0.3) is 0 Å². The standard InChI is InChI=1S/C19H21N/c1-2-8-15(9-3-1)14-20-18-12-6-4-10-16(18)17-11-5-7-13-19(17)20/h1-4,6,8-10,12,17,19H,5,7,11,13-14H2. The molecule has 2 unspecified atom stereocenters. The third-order valence-electron chi connectivity index (χ3n) is 4.97. The lowest BCUT2D eigenvalue weighted by Gasteiger charge is -2.33. The Balaban J connectivity index is 1.70. The van der Waals surface area contributed by atoms with Crippen LogP contribution in [0.15, 0.2) is 54.6 Å². The molecule has 0 bridgehead atoms. The summed E-state index contributed by atoms with van der Waals surface area (Å²) in [6.07, 6.45) is 5.51. The van der Waals surface area contributed by atoms with E-state index in [0.717, 1.165) is 18.5 Å². The summed E-state index contributed by atoms with van der Waals surface area (Å²) in [6.45, 7) is 1.05. The zero-order valence-corrected chi connectivity index (χ0v) is 11.8. The quantitative estimate of drug-likeness (QED) is 0.757. The Morgan fingerprint density at radius 3 is 2.50 bits per heavy atom. The number of hydrogen-bond donors (Lipinski definition) is 0. The lowest BCUT2D eigenvalue weighted by Crippen LogP contribution is -2.35. The van der Waals surface area contributed by atoms with E-state index in [1.54, 1.807) is 5.56 Å². The molecule has 1 saturated carbocycles. The molecule has 2 aromatic rings. The highest BCUT2D eigenvalue weighted by atomic mass is 15.2. The van der Waals surface area contributed by atoms with Crippen LogP contribution in [0.1, 0.15) is 42.7 Å². The lowest BCUT2D eigenvalue weighted by molar-refractivity contribution is 0.385. The molecule has 2 aromatic carbocycles. The van der Waals surface area contributed by atoms with Gasteiger partial charge in [0.15, 0.2) is 0 Å². The van der Waals surface area contributed by atoms with Crippen molar-refractivity contribution in [3.63, 3.8) is 0 Å². The van der Waals surface area contributed by atoms with Gasteiger partial charge in [-0.2, -0.15) is 0 Å². The van der Waals surface area contributed by atoms with Crippen molar-refractivity contribution < 1.29 is 0 Å². The molecule has 1 heteroatoms. The van der Waals surface area contributed by atoms with Crippen molar-refractivity contribution in [1.82, 2.24) is 0 Å². The van der Waals surface area contributed by atoms with Crippen LogP contribution in [0, 0.1) is 0 Å². The third-order valence-corrected chi connectivity index (χ3v) is 4.97. The van der Waals surface area contributed by atoms with Gasteiger partial charge in [-0.05, 0) is 30.0 Å². The van der Waals surface area contributed by atoms with E-state index in [1.165, 1.54) is 36.9 Å². The second-order valence-corrected chi connectivity index (χ2v) is 6.13. The summed E-state index contributed by atoms with van der Waals surface area (Å²) >= 11 is 0. The monoisotopic (exact) mass is 263 g/mol. The predicted octanol–water partition coefficient (Wildman–Crippen LogP) is 4.73. The molecule has 1 fully saturated rings. The molecule has 1 aliphatic heterocycles. The minimum atomic E-state index is 0.723. The van der Waals surface area contributed by atoms with Crippen molar-refractivity contribution in [2.24, 2.45) is 0 Å². The summed E-state index contributed by atoms with van der Waals surface area (Å²) in [7, 11) is 0. The first kappa shape index (κ1) is 12.0. The Bertz CT molecular complexity index is 590. The average molecular weight is 263 g/mol. The molecular weight excluding hydrogens is 242 g/mol. The second-order valence-electron chi connectivity index (χ2n) is 6.13. The van der Waals surface area contributed by atoms with Gasteiger partial charge < -0.3 is 4.90 Å². The second kappa shape index (κ2) is 4.97. The van der Waals surface area contributed by atoms with E-state index in [4.69, 9.17) is 0 Å². The first-order valence-corrected chi connectivity index (χ1v) is 7.83. The molecule has 102 valence electrons. The van der Waals surface area contributed by atoms with Crippen molar-refractivity contribution >= 4 is 5.69 Å². The van der Waals surface area contributed by atoms with Gasteiger partial charge >= 0.3 is 0 Å². The molecule has 0 aromatic heterocycles. The number of fused-ring (bicyclic) bond motifs is 3. The molecular formula is C19H21N. The highest BCUT2D eigenvalue weighted by Crippen LogP contribution is 2.48. The highest BCUT2D eigenvalue weighted by molar-refractivity contribution is 5.62. The predicted molar refractivity (Wildman–Crippen MR) is 84.1 cm³/mol. The Labute approximate surface area is 121 Å². The smallest absolute Gasteiger partial charge is 0.0432 e. The summed E-state index contributed by atoms with van der Waals surface area (Å²) in [6, 6.07) is 20.7. The van der Waals surface area contributed by atoms with Gasteiger partial charge in [-0.25, -0.2) is 0 Å². The average Bonchev–Trinajstić information content (AvgIpc) is 2.84.